The Morgan fingerprint density at radius 1 is 1.28 bits per heavy atom. The van der Waals surface area contributed by atoms with Crippen LogP contribution in [0.25, 0.3) is 0 Å². The molecular weight excluding hydrogens is 226 g/mol. The summed E-state index contributed by atoms with van der Waals surface area (Å²) in [5.41, 5.74) is 4.37. The highest BCUT2D eigenvalue weighted by atomic mass is 16.2. The number of hydrogen-bond acceptors (Lipinski definition) is 3. The molecule has 100 valence electrons. The lowest BCUT2D eigenvalue weighted by Gasteiger charge is -2.19. The zero-order valence-electron chi connectivity index (χ0n) is 11.4. The van der Waals surface area contributed by atoms with Crippen LogP contribution in [0.2, 0.25) is 0 Å². The van der Waals surface area contributed by atoms with Crippen LogP contribution in [-0.2, 0) is 17.8 Å². The van der Waals surface area contributed by atoms with Crippen molar-refractivity contribution in [2.45, 2.75) is 26.8 Å². The van der Waals surface area contributed by atoms with Crippen molar-refractivity contribution in [2.24, 2.45) is 11.8 Å². The van der Waals surface area contributed by atoms with Crippen molar-refractivity contribution in [3.63, 3.8) is 0 Å². The number of hydrogen-bond donors (Lipinski definition) is 2. The molecule has 18 heavy (non-hydrogen) atoms. The molecule has 0 fully saturated rings. The molecule has 0 spiro atoms. The summed E-state index contributed by atoms with van der Waals surface area (Å²) in [5.74, 6) is 5.56. The van der Waals surface area contributed by atoms with Gasteiger partial charge >= 0.3 is 0 Å². The summed E-state index contributed by atoms with van der Waals surface area (Å²) in [6.45, 7) is 6.44. The third-order valence-electron chi connectivity index (χ3n) is 2.68. The lowest BCUT2D eigenvalue weighted by atomic mass is 10.1. The second-order valence-corrected chi connectivity index (χ2v) is 5.15. The van der Waals surface area contributed by atoms with Crippen LogP contribution in [-0.4, -0.2) is 24.4 Å². The number of carbonyl (C=O) groups is 1. The molecule has 0 aliphatic carbocycles. The van der Waals surface area contributed by atoms with Crippen LogP contribution in [0.1, 0.15) is 25.0 Å². The highest BCUT2D eigenvalue weighted by molar-refractivity contribution is 5.77. The molecule has 0 bridgehead atoms. The molecule has 0 saturated heterocycles. The first-order valence-electron chi connectivity index (χ1n) is 6.27. The Morgan fingerprint density at radius 3 is 2.33 bits per heavy atom. The minimum atomic E-state index is -0.167. The maximum absolute atomic E-state index is 11.1. The van der Waals surface area contributed by atoms with Gasteiger partial charge in [-0.3, -0.25) is 10.2 Å². The van der Waals surface area contributed by atoms with Crippen LogP contribution < -0.4 is 11.3 Å². The monoisotopic (exact) mass is 249 g/mol. The van der Waals surface area contributed by atoms with Gasteiger partial charge in [-0.15, -0.1) is 0 Å². The molecule has 1 amide bonds. The molecule has 1 aromatic rings. The van der Waals surface area contributed by atoms with Crippen molar-refractivity contribution in [3.8, 4) is 0 Å². The van der Waals surface area contributed by atoms with Gasteiger partial charge < -0.3 is 4.90 Å². The molecule has 0 atom stereocenters. The van der Waals surface area contributed by atoms with E-state index in [1.54, 1.807) is 0 Å². The smallest absolute Gasteiger partial charge is 0.238 e. The Hall–Kier alpha value is -1.39. The van der Waals surface area contributed by atoms with Crippen LogP contribution in [0.4, 0.5) is 0 Å². The highest BCUT2D eigenvalue weighted by Gasteiger charge is 2.04. The van der Waals surface area contributed by atoms with E-state index in [2.05, 4.69) is 43.4 Å². The average Bonchev–Trinajstić information content (AvgIpc) is 2.30. The van der Waals surface area contributed by atoms with E-state index in [4.69, 9.17) is 5.84 Å². The second-order valence-electron chi connectivity index (χ2n) is 5.15. The van der Waals surface area contributed by atoms with Gasteiger partial charge in [0.1, 0.15) is 0 Å². The molecule has 1 rings (SSSR count). The van der Waals surface area contributed by atoms with Gasteiger partial charge in [0, 0.05) is 13.1 Å². The van der Waals surface area contributed by atoms with Gasteiger partial charge in [-0.1, -0.05) is 38.1 Å². The van der Waals surface area contributed by atoms with Crippen molar-refractivity contribution in [3.05, 3.63) is 35.4 Å². The molecule has 0 aliphatic rings. The van der Waals surface area contributed by atoms with Crippen LogP contribution >= 0.6 is 0 Å². The second kappa shape index (κ2) is 7.13. The molecule has 0 aromatic heterocycles. The first kappa shape index (κ1) is 14.7. The summed E-state index contributed by atoms with van der Waals surface area (Å²) in [5, 5.41) is 0. The fraction of sp³-hybridized carbons (Fsp3) is 0.500. The molecule has 0 unspecified atom stereocenters. The molecule has 3 N–H and O–H groups in total. The summed E-state index contributed by atoms with van der Waals surface area (Å²) in [6.07, 6.45) is 0.332. The summed E-state index contributed by atoms with van der Waals surface area (Å²) in [4.78, 5) is 13.4. The predicted molar refractivity (Wildman–Crippen MR) is 73.6 cm³/mol. The van der Waals surface area contributed by atoms with Crippen LogP contribution in [0.3, 0.4) is 0 Å². The zero-order valence-corrected chi connectivity index (χ0v) is 11.4. The molecule has 0 radical (unpaired) electrons. The molecule has 4 nitrogen and oxygen atoms in total. The summed E-state index contributed by atoms with van der Waals surface area (Å²) in [7, 11) is 2.12. The molecule has 0 heterocycles. The van der Waals surface area contributed by atoms with Gasteiger partial charge in [0.25, 0.3) is 0 Å². The van der Waals surface area contributed by atoms with E-state index < -0.39 is 0 Å². The van der Waals surface area contributed by atoms with Crippen molar-refractivity contribution in [1.82, 2.24) is 10.3 Å². The Bertz CT molecular complexity index is 373. The van der Waals surface area contributed by atoms with E-state index in [0.29, 0.717) is 12.3 Å². The number of benzene rings is 1. The standard InChI is InChI=1S/C14H23N3O/c1-11(2)9-17(3)10-13-6-4-12(5-7-13)8-14(18)16-15/h4-7,11H,8-10,15H2,1-3H3,(H,16,18). The molecule has 0 aliphatic heterocycles. The van der Waals surface area contributed by atoms with E-state index in [1.807, 2.05) is 12.1 Å². The lowest BCUT2D eigenvalue weighted by Crippen LogP contribution is -2.31. The number of amides is 1. The third kappa shape index (κ3) is 5.29. The highest BCUT2D eigenvalue weighted by Crippen LogP contribution is 2.08. The van der Waals surface area contributed by atoms with E-state index in [-0.39, 0.29) is 5.91 Å². The largest absolute Gasteiger partial charge is 0.302 e. The van der Waals surface area contributed by atoms with Gasteiger partial charge in [0.15, 0.2) is 0 Å². The first-order valence-corrected chi connectivity index (χ1v) is 6.27. The van der Waals surface area contributed by atoms with Crippen LogP contribution in [0.5, 0.6) is 0 Å². The van der Waals surface area contributed by atoms with E-state index >= 15 is 0 Å². The van der Waals surface area contributed by atoms with Gasteiger partial charge in [-0.05, 0) is 24.1 Å². The number of carbonyl (C=O) groups excluding carboxylic acids is 1. The van der Waals surface area contributed by atoms with E-state index in [9.17, 15) is 4.79 Å². The summed E-state index contributed by atoms with van der Waals surface area (Å²) < 4.78 is 0. The minimum Gasteiger partial charge on any atom is -0.302 e. The van der Waals surface area contributed by atoms with Gasteiger partial charge in [-0.25, -0.2) is 5.84 Å². The fourth-order valence-electron chi connectivity index (χ4n) is 2.00. The normalized spacial score (nSPS) is 11.0. The van der Waals surface area contributed by atoms with Crippen molar-refractivity contribution in [2.75, 3.05) is 13.6 Å². The Morgan fingerprint density at radius 2 is 1.83 bits per heavy atom. The average molecular weight is 249 g/mol. The number of nitrogens with two attached hydrogens (primary N) is 1. The van der Waals surface area contributed by atoms with Crippen LogP contribution in [0, 0.1) is 5.92 Å². The Kier molecular flexibility index (Phi) is 5.82. The number of hydrazine groups is 1. The Labute approximate surface area is 109 Å². The maximum Gasteiger partial charge on any atom is 0.238 e. The Balaban J connectivity index is 2.52. The predicted octanol–water partition coefficient (Wildman–Crippen LogP) is 1.31. The summed E-state index contributed by atoms with van der Waals surface area (Å²) in [6, 6.07) is 8.09. The van der Waals surface area contributed by atoms with E-state index in [1.165, 1.54) is 5.56 Å². The first-order chi connectivity index (χ1) is 8.51. The van der Waals surface area contributed by atoms with Crippen LogP contribution in [0.15, 0.2) is 24.3 Å². The molecule has 4 heteroatoms. The van der Waals surface area contributed by atoms with Gasteiger partial charge in [0.2, 0.25) is 5.91 Å². The van der Waals surface area contributed by atoms with Gasteiger partial charge in [-0.2, -0.15) is 0 Å². The molecule has 0 saturated carbocycles. The number of rotatable bonds is 6. The SMILES string of the molecule is CC(C)CN(C)Cc1ccc(CC(=O)NN)cc1. The van der Waals surface area contributed by atoms with Crippen molar-refractivity contribution in [1.29, 1.82) is 0 Å². The van der Waals surface area contributed by atoms with Crippen molar-refractivity contribution >= 4 is 5.91 Å². The van der Waals surface area contributed by atoms with E-state index in [0.717, 1.165) is 18.7 Å². The number of nitrogens with one attached hydrogen (secondary N) is 1. The summed E-state index contributed by atoms with van der Waals surface area (Å²) >= 11 is 0. The quantitative estimate of drug-likeness (QED) is 0.454. The topological polar surface area (TPSA) is 58.4 Å². The minimum absolute atomic E-state index is 0.167. The lowest BCUT2D eigenvalue weighted by molar-refractivity contribution is -0.120. The fourth-order valence-corrected chi connectivity index (χ4v) is 2.00. The van der Waals surface area contributed by atoms with Crippen molar-refractivity contribution < 1.29 is 4.79 Å². The maximum atomic E-state index is 11.1. The van der Waals surface area contributed by atoms with Gasteiger partial charge in [0.05, 0.1) is 6.42 Å². The third-order valence-corrected chi connectivity index (χ3v) is 2.68. The molecule has 1 aromatic carbocycles. The number of nitrogens with zero attached hydrogens (tertiary/aromatic N) is 1. The molecular formula is C14H23N3O. The zero-order chi connectivity index (χ0) is 13.5.